The minimum atomic E-state index is -0.509. The number of ketones is 8. The molecule has 9 heterocycles. The third-order valence-electron chi connectivity index (χ3n) is 24.1. The number of thioether (sulfide) groups is 4. The molecule has 9 aliphatic heterocycles. The van der Waals surface area contributed by atoms with Crippen molar-refractivity contribution in [3.8, 4) is 0 Å². The number of Topliss-reactive ketones (excluding diaryl/α,β-unsaturated/α-hetero) is 8. The number of aliphatic hydroxyl groups excluding tert-OH is 4. The molecular formula is C89H101N5O18S4. The Labute approximate surface area is 693 Å². The van der Waals surface area contributed by atoms with E-state index in [0.717, 1.165) is 164 Å². The van der Waals surface area contributed by atoms with Crippen LogP contribution in [-0.2, 0) is 47.6 Å². The van der Waals surface area contributed by atoms with E-state index in [1.165, 1.54) is 47.0 Å². The molecule has 4 spiro atoms. The van der Waals surface area contributed by atoms with Crippen LogP contribution in [0, 0.1) is 0 Å². The number of morpholine rings is 1. The first kappa shape index (κ1) is 83.6. The molecule has 4 atom stereocenters. The molecule has 27 heteroatoms. The van der Waals surface area contributed by atoms with Gasteiger partial charge in [-0.25, -0.2) is 0 Å². The topological polar surface area (TPSA) is 289 Å². The lowest BCUT2D eigenvalue weighted by Crippen LogP contribution is -2.52. The highest BCUT2D eigenvalue weighted by atomic mass is 32.2. The van der Waals surface area contributed by atoms with Gasteiger partial charge in [0.1, 0.15) is 65.1 Å². The number of hydrogen-bond donors (Lipinski definition) is 4. The first-order valence-electron chi connectivity index (χ1n) is 40.6. The Bertz CT molecular complexity index is 4720. The molecule has 18 rings (SSSR count). The minimum absolute atomic E-state index is 0.109. The van der Waals surface area contributed by atoms with Crippen molar-refractivity contribution in [3.63, 3.8) is 0 Å². The zero-order chi connectivity index (χ0) is 81.0. The lowest BCUT2D eigenvalue weighted by Gasteiger charge is -2.45. The van der Waals surface area contributed by atoms with Gasteiger partial charge in [0, 0.05) is 217 Å². The predicted molar refractivity (Wildman–Crippen MR) is 447 cm³/mol. The van der Waals surface area contributed by atoms with Crippen molar-refractivity contribution >= 4 is 116 Å². The van der Waals surface area contributed by atoms with Gasteiger partial charge < -0.3 is 68.4 Å². The average molecular weight is 1660 g/mol. The molecule has 0 saturated carbocycles. The number of carbonyl (C=O) groups is 8. The third kappa shape index (κ3) is 18.2. The average Bonchev–Trinajstić information content (AvgIpc) is 0.760. The van der Waals surface area contributed by atoms with Crippen LogP contribution in [0.25, 0.3) is 23.0 Å². The van der Waals surface area contributed by atoms with Crippen molar-refractivity contribution in [2.24, 2.45) is 0 Å². The summed E-state index contributed by atoms with van der Waals surface area (Å²) in [5.74, 6) is 1.46. The van der Waals surface area contributed by atoms with Gasteiger partial charge in [0.15, 0.2) is 0 Å². The molecule has 116 heavy (non-hydrogen) atoms. The van der Waals surface area contributed by atoms with E-state index in [1.54, 1.807) is 48.5 Å². The second kappa shape index (κ2) is 36.3. The Kier molecular flexibility index (Phi) is 26.1. The molecule has 0 bridgehead atoms. The minimum Gasteiger partial charge on any atom is -0.484 e. The maximum absolute atomic E-state index is 12.6. The van der Waals surface area contributed by atoms with Crippen molar-refractivity contribution in [1.29, 1.82) is 0 Å². The highest BCUT2D eigenvalue weighted by molar-refractivity contribution is 8.05. The van der Waals surface area contributed by atoms with E-state index in [0.29, 0.717) is 127 Å². The SMILES string of the molecule is CC(C)OCC(O)CN1CCC2(CC1)CSC1=C(O2)c2ccccc2C(=O)C1=O.CCC(O)CN1CCC2(CC1)CSC1=C(O2)c2ccccc2C(=O)C1=O.O=C1C(=O)c2ccccc2C2=C1SCC1(CCN(CC(O)CN3CCOCC3)CC1)O2.O=C1C(=O)c2ccccc2C2=C1SCC1(CCN(CC(O)c3ccccc3)CC1)O2. The number of benzene rings is 5. The summed E-state index contributed by atoms with van der Waals surface area (Å²) in [4.78, 5) is 113. The van der Waals surface area contributed by atoms with E-state index in [4.69, 9.17) is 28.4 Å². The van der Waals surface area contributed by atoms with Gasteiger partial charge in [-0.15, -0.1) is 47.0 Å². The van der Waals surface area contributed by atoms with Crippen LogP contribution in [0.2, 0.25) is 0 Å². The van der Waals surface area contributed by atoms with Crippen LogP contribution < -0.4 is 0 Å². The van der Waals surface area contributed by atoms with Gasteiger partial charge in [0.25, 0.3) is 0 Å². The smallest absolute Gasteiger partial charge is 0.243 e. The number of piperidine rings is 4. The summed E-state index contributed by atoms with van der Waals surface area (Å²) in [6.45, 7) is 19.4. The van der Waals surface area contributed by atoms with Gasteiger partial charge in [-0.1, -0.05) is 134 Å². The maximum atomic E-state index is 12.6. The first-order valence-corrected chi connectivity index (χ1v) is 44.5. The van der Waals surface area contributed by atoms with Gasteiger partial charge in [-0.05, 0) is 25.8 Å². The number of carbonyl (C=O) groups excluding carboxylic acids is 8. The number of β-amino-alcohol motifs (C(OH)–C–C–N with tert-alkyl or cyclic N) is 4. The molecule has 13 aliphatic rings. The second-order valence-electron chi connectivity index (χ2n) is 32.5. The van der Waals surface area contributed by atoms with Crippen LogP contribution >= 0.6 is 47.0 Å². The van der Waals surface area contributed by atoms with E-state index in [2.05, 4.69) is 24.5 Å². The summed E-state index contributed by atoms with van der Waals surface area (Å²) < 4.78 is 36.8. The lowest BCUT2D eigenvalue weighted by atomic mass is 9.90. The lowest BCUT2D eigenvalue weighted by molar-refractivity contribution is -0.112. The molecule has 614 valence electrons. The van der Waals surface area contributed by atoms with Crippen LogP contribution in [0.3, 0.4) is 0 Å². The molecule has 4 unspecified atom stereocenters. The number of nitrogens with zero attached hydrogens (tertiary/aromatic N) is 5. The van der Waals surface area contributed by atoms with Gasteiger partial charge >= 0.3 is 0 Å². The molecule has 23 nitrogen and oxygen atoms in total. The third-order valence-corrected chi connectivity index (χ3v) is 29.4. The van der Waals surface area contributed by atoms with Crippen LogP contribution in [0.1, 0.15) is 154 Å². The Morgan fingerprint density at radius 2 is 0.612 bits per heavy atom. The number of hydrogen-bond acceptors (Lipinski definition) is 27. The summed E-state index contributed by atoms with van der Waals surface area (Å²) in [6, 6.07) is 38.5. The van der Waals surface area contributed by atoms with Crippen molar-refractivity contribution in [2.45, 2.75) is 131 Å². The highest BCUT2D eigenvalue weighted by Crippen LogP contribution is 2.52. The summed E-state index contributed by atoms with van der Waals surface area (Å²) >= 11 is 5.84. The van der Waals surface area contributed by atoms with Gasteiger partial charge in [-0.2, -0.15) is 0 Å². The molecule has 4 N–H and O–H groups in total. The number of rotatable bonds is 15. The summed E-state index contributed by atoms with van der Waals surface area (Å²) in [6.07, 6.45) is 5.87. The normalized spacial score (nSPS) is 23.2. The van der Waals surface area contributed by atoms with Crippen LogP contribution in [0.5, 0.6) is 0 Å². The zero-order valence-electron chi connectivity index (χ0n) is 65.8. The fourth-order valence-electron chi connectivity index (χ4n) is 17.2. The second-order valence-corrected chi connectivity index (χ2v) is 36.5. The number of likely N-dealkylation sites (tertiary alicyclic amines) is 4. The van der Waals surface area contributed by atoms with Gasteiger partial charge in [0.2, 0.25) is 46.3 Å². The Balaban J connectivity index is 0.000000122. The number of ether oxygens (including phenoxy) is 6. The fraction of sp³-hybridized carbons (Fsp3) is 0.483. The first-order chi connectivity index (χ1) is 56.0. The van der Waals surface area contributed by atoms with Crippen LogP contribution in [0.15, 0.2) is 147 Å². The van der Waals surface area contributed by atoms with E-state index in [1.807, 2.05) is 99.6 Å². The predicted octanol–water partition coefficient (Wildman–Crippen LogP) is 9.86. The zero-order valence-corrected chi connectivity index (χ0v) is 69.1. The molecular weight excluding hydrogens is 1560 g/mol. The fourth-order valence-corrected chi connectivity index (χ4v) is 22.2. The molecule has 5 aromatic rings. The van der Waals surface area contributed by atoms with Crippen molar-refractivity contribution in [1.82, 2.24) is 24.5 Å². The van der Waals surface area contributed by atoms with E-state index >= 15 is 0 Å². The molecule has 4 aliphatic carbocycles. The quantitative estimate of drug-likeness (QED) is 0.0709. The number of fused-ring (bicyclic) bond motifs is 8. The summed E-state index contributed by atoms with van der Waals surface area (Å²) in [7, 11) is 0. The monoisotopic (exact) mass is 1660 g/mol. The van der Waals surface area contributed by atoms with Crippen LogP contribution in [-0.4, -0.2) is 279 Å². The molecule has 0 radical (unpaired) electrons. The molecule has 0 amide bonds. The van der Waals surface area contributed by atoms with E-state index in [-0.39, 0.29) is 40.7 Å². The molecule has 0 aromatic heterocycles. The van der Waals surface area contributed by atoms with Crippen molar-refractivity contribution in [2.75, 3.05) is 141 Å². The van der Waals surface area contributed by atoms with E-state index < -0.39 is 58.5 Å². The summed E-state index contributed by atoms with van der Waals surface area (Å²) in [5.41, 5.74) is 4.28. The maximum Gasteiger partial charge on any atom is 0.243 e. The van der Waals surface area contributed by atoms with Gasteiger partial charge in [-0.3, -0.25) is 43.3 Å². The van der Waals surface area contributed by atoms with E-state index in [9.17, 15) is 58.8 Å². The standard InChI is InChI=1S/C24H23NO4S.C23H28N2O5S.C22H27NO5S.C20H23NO4S/c26-19(16-6-2-1-3-7-16)14-25-12-10-24(11-13-25)15-30-23-21(28)20(27)17-8-4-5-9-18(17)22(23)29-24;26-16(14-25-9-11-29-12-10-25)13-24-7-5-23(6-8-24)15-31-22-20(28)19(27)17-3-1-2-4-18(17)21(22)30-23;1-14(2)27-12-15(24)11-23-9-7-22(8-10-23)13-29-21-19(26)18(25)16-5-3-4-6-17(16)20(21)28-22;1-2-13(22)11-21-9-7-20(8-10-21)12-26-19-17(24)16(23)14-5-3-4-6-15(14)18(19)25-20/h1-9,19,26H,10-15H2;1-4,16,26H,5-15H2;3-6,14-15,24H,7-13H2,1-2H3;3-6,13,22H,2,7-12H2,1H3. The van der Waals surface area contributed by atoms with Crippen LogP contribution in [0.4, 0.5) is 0 Å². The highest BCUT2D eigenvalue weighted by Gasteiger charge is 2.51. The Morgan fingerprint density at radius 3 is 0.914 bits per heavy atom. The Hall–Kier alpha value is -7.42. The van der Waals surface area contributed by atoms with Crippen molar-refractivity contribution < 1.29 is 87.2 Å². The number of aliphatic hydroxyl groups is 4. The largest absolute Gasteiger partial charge is 0.484 e. The molecule has 5 fully saturated rings. The Morgan fingerprint density at radius 1 is 0.345 bits per heavy atom. The summed E-state index contributed by atoms with van der Waals surface area (Å²) in [5, 5.41) is 41.1. The number of allylic oxidation sites excluding steroid dienone is 4. The van der Waals surface area contributed by atoms with Gasteiger partial charge in [0.05, 0.1) is 50.3 Å². The molecule has 5 aromatic carbocycles. The van der Waals surface area contributed by atoms with Crippen molar-refractivity contribution in [3.05, 3.63) is 197 Å². The molecule has 5 saturated heterocycles.